The number of hydrogen-bond acceptors (Lipinski definition) is 4. The van der Waals surface area contributed by atoms with Crippen molar-refractivity contribution in [3.05, 3.63) is 23.3 Å². The number of benzene rings is 1. The summed E-state index contributed by atoms with van der Waals surface area (Å²) in [4.78, 5) is 16.2. The quantitative estimate of drug-likeness (QED) is 0.567. The van der Waals surface area contributed by atoms with Gasteiger partial charge >= 0.3 is 0 Å². The number of piperazine rings is 1. The smallest absolute Gasteiger partial charge is 0.257 e. The van der Waals surface area contributed by atoms with Gasteiger partial charge in [-0.3, -0.25) is 4.79 Å². The van der Waals surface area contributed by atoms with E-state index in [-0.39, 0.29) is 11.7 Å². The molecule has 1 aliphatic heterocycles. The van der Waals surface area contributed by atoms with Crippen LogP contribution < -0.4 is 5.73 Å². The summed E-state index contributed by atoms with van der Waals surface area (Å²) >= 11 is 0. The van der Waals surface area contributed by atoms with E-state index in [1.165, 1.54) is 0 Å². The molecule has 1 aromatic rings. The van der Waals surface area contributed by atoms with Crippen LogP contribution in [0, 0.1) is 6.92 Å². The standard InChI is InChI=1S/C13H19N3O2/c1-9-7-12(17)10(8-11(9)14)13(18)16-5-3-15(2)4-6-16/h7-8,17H,3-6,14H2,1-2H3. The molecule has 5 heteroatoms. The summed E-state index contributed by atoms with van der Waals surface area (Å²) in [5, 5.41) is 9.86. The molecule has 3 N–H and O–H groups in total. The van der Waals surface area contributed by atoms with E-state index in [0.29, 0.717) is 24.3 Å². The first kappa shape index (κ1) is 12.7. The van der Waals surface area contributed by atoms with E-state index in [4.69, 9.17) is 5.73 Å². The number of phenols is 1. The van der Waals surface area contributed by atoms with E-state index in [1.807, 2.05) is 7.05 Å². The summed E-state index contributed by atoms with van der Waals surface area (Å²) < 4.78 is 0. The number of nitrogens with two attached hydrogens (primary N) is 1. The summed E-state index contributed by atoms with van der Waals surface area (Å²) in [6.07, 6.45) is 0. The third-order valence-electron chi connectivity index (χ3n) is 3.41. The minimum Gasteiger partial charge on any atom is -0.507 e. The molecule has 18 heavy (non-hydrogen) atoms. The van der Waals surface area contributed by atoms with Gasteiger partial charge in [-0.15, -0.1) is 0 Å². The maximum Gasteiger partial charge on any atom is 0.257 e. The predicted molar refractivity (Wildman–Crippen MR) is 70.7 cm³/mol. The molecular weight excluding hydrogens is 230 g/mol. The highest BCUT2D eigenvalue weighted by Gasteiger charge is 2.23. The average Bonchev–Trinajstić information content (AvgIpc) is 2.34. The fraction of sp³-hybridized carbons (Fsp3) is 0.462. The van der Waals surface area contributed by atoms with Gasteiger partial charge in [0.1, 0.15) is 5.75 Å². The molecule has 5 nitrogen and oxygen atoms in total. The molecule has 2 rings (SSSR count). The van der Waals surface area contributed by atoms with Crippen LogP contribution >= 0.6 is 0 Å². The van der Waals surface area contributed by atoms with Crippen molar-refractivity contribution in [3.8, 4) is 5.75 Å². The summed E-state index contributed by atoms with van der Waals surface area (Å²) in [6, 6.07) is 3.10. The van der Waals surface area contributed by atoms with Crippen LogP contribution in [0.3, 0.4) is 0 Å². The lowest BCUT2D eigenvalue weighted by atomic mass is 10.1. The topological polar surface area (TPSA) is 69.8 Å². The van der Waals surface area contributed by atoms with Gasteiger partial charge in [0.25, 0.3) is 5.91 Å². The van der Waals surface area contributed by atoms with Crippen molar-refractivity contribution in [2.24, 2.45) is 0 Å². The second kappa shape index (κ2) is 4.86. The number of likely N-dealkylation sites (N-methyl/N-ethyl adjacent to an activating group) is 1. The lowest BCUT2D eigenvalue weighted by molar-refractivity contribution is 0.0661. The van der Waals surface area contributed by atoms with Gasteiger partial charge < -0.3 is 20.6 Å². The van der Waals surface area contributed by atoms with Crippen molar-refractivity contribution in [2.45, 2.75) is 6.92 Å². The number of rotatable bonds is 1. The number of hydrogen-bond donors (Lipinski definition) is 2. The Bertz CT molecular complexity index is 466. The van der Waals surface area contributed by atoms with Gasteiger partial charge in [-0.2, -0.15) is 0 Å². The second-order valence-corrected chi connectivity index (χ2v) is 4.82. The van der Waals surface area contributed by atoms with E-state index >= 15 is 0 Å². The van der Waals surface area contributed by atoms with Crippen molar-refractivity contribution in [1.82, 2.24) is 9.80 Å². The predicted octanol–water partition coefficient (Wildman–Crippen LogP) is 0.670. The number of anilines is 1. The molecule has 1 aliphatic rings. The molecule has 98 valence electrons. The first-order chi connectivity index (χ1) is 8.49. The Morgan fingerprint density at radius 2 is 1.89 bits per heavy atom. The normalized spacial score (nSPS) is 16.9. The van der Waals surface area contributed by atoms with Gasteiger partial charge in [-0.05, 0) is 31.7 Å². The molecule has 0 atom stereocenters. The van der Waals surface area contributed by atoms with Gasteiger partial charge in [0, 0.05) is 31.9 Å². The Labute approximate surface area is 107 Å². The zero-order valence-corrected chi connectivity index (χ0v) is 10.8. The molecule has 0 radical (unpaired) electrons. The highest BCUT2D eigenvalue weighted by Crippen LogP contribution is 2.25. The maximum absolute atomic E-state index is 12.3. The SMILES string of the molecule is Cc1cc(O)c(C(=O)N2CCN(C)CC2)cc1N. The van der Waals surface area contributed by atoms with Crippen molar-refractivity contribution in [1.29, 1.82) is 0 Å². The zero-order chi connectivity index (χ0) is 13.3. The van der Waals surface area contributed by atoms with Crippen molar-refractivity contribution in [3.63, 3.8) is 0 Å². The molecule has 0 saturated carbocycles. The number of nitrogens with zero attached hydrogens (tertiary/aromatic N) is 2. The van der Waals surface area contributed by atoms with E-state index in [2.05, 4.69) is 4.90 Å². The Morgan fingerprint density at radius 3 is 2.50 bits per heavy atom. The Morgan fingerprint density at radius 1 is 1.28 bits per heavy atom. The third kappa shape index (κ3) is 2.41. The van der Waals surface area contributed by atoms with Crippen molar-refractivity contribution in [2.75, 3.05) is 39.0 Å². The molecule has 1 fully saturated rings. The van der Waals surface area contributed by atoms with Gasteiger partial charge in [0.15, 0.2) is 0 Å². The number of phenolic OH excluding ortho intramolecular Hbond substituents is 1. The van der Waals surface area contributed by atoms with Crippen LogP contribution in [-0.2, 0) is 0 Å². The highest BCUT2D eigenvalue weighted by atomic mass is 16.3. The molecule has 1 aromatic carbocycles. The summed E-state index contributed by atoms with van der Waals surface area (Å²) in [5.41, 5.74) is 7.40. The molecule has 0 bridgehead atoms. The highest BCUT2D eigenvalue weighted by molar-refractivity contribution is 5.98. The summed E-state index contributed by atoms with van der Waals surface area (Å²) in [6.45, 7) is 4.88. The molecule has 0 spiro atoms. The molecule has 1 saturated heterocycles. The van der Waals surface area contributed by atoms with Crippen molar-refractivity contribution < 1.29 is 9.90 Å². The third-order valence-corrected chi connectivity index (χ3v) is 3.41. The van der Waals surface area contributed by atoms with E-state index < -0.39 is 0 Å². The first-order valence-corrected chi connectivity index (χ1v) is 6.06. The summed E-state index contributed by atoms with van der Waals surface area (Å²) in [7, 11) is 2.03. The lowest BCUT2D eigenvalue weighted by Gasteiger charge is -2.32. The fourth-order valence-electron chi connectivity index (χ4n) is 2.06. The van der Waals surface area contributed by atoms with Crippen LogP contribution in [-0.4, -0.2) is 54.0 Å². The molecule has 0 aliphatic carbocycles. The first-order valence-electron chi connectivity index (χ1n) is 6.06. The number of aromatic hydroxyl groups is 1. The van der Waals surface area contributed by atoms with Crippen LogP contribution in [0.5, 0.6) is 5.75 Å². The minimum atomic E-state index is -0.146. The van der Waals surface area contributed by atoms with E-state index in [9.17, 15) is 9.90 Å². The van der Waals surface area contributed by atoms with Gasteiger partial charge in [0.2, 0.25) is 0 Å². The molecule has 1 heterocycles. The van der Waals surface area contributed by atoms with Crippen LogP contribution in [0.2, 0.25) is 0 Å². The monoisotopic (exact) mass is 249 g/mol. The van der Waals surface area contributed by atoms with Crippen LogP contribution in [0.1, 0.15) is 15.9 Å². The van der Waals surface area contributed by atoms with Crippen molar-refractivity contribution >= 4 is 11.6 Å². The Kier molecular flexibility index (Phi) is 3.43. The summed E-state index contributed by atoms with van der Waals surface area (Å²) in [5.74, 6) is -0.141. The molecular formula is C13H19N3O2. The second-order valence-electron chi connectivity index (χ2n) is 4.82. The fourth-order valence-corrected chi connectivity index (χ4v) is 2.06. The number of aryl methyl sites for hydroxylation is 1. The van der Waals surface area contributed by atoms with Crippen LogP contribution in [0.4, 0.5) is 5.69 Å². The number of nitrogen functional groups attached to an aromatic ring is 1. The molecule has 1 amide bonds. The van der Waals surface area contributed by atoms with Gasteiger partial charge in [-0.25, -0.2) is 0 Å². The minimum absolute atomic E-state index is 0.00521. The number of carbonyl (C=O) groups is 1. The van der Waals surface area contributed by atoms with Gasteiger partial charge in [0.05, 0.1) is 5.56 Å². The van der Waals surface area contributed by atoms with Crippen LogP contribution in [0.25, 0.3) is 0 Å². The van der Waals surface area contributed by atoms with Gasteiger partial charge in [-0.1, -0.05) is 0 Å². The Balaban J connectivity index is 2.21. The maximum atomic E-state index is 12.3. The van der Waals surface area contributed by atoms with E-state index in [1.54, 1.807) is 24.0 Å². The largest absolute Gasteiger partial charge is 0.507 e. The van der Waals surface area contributed by atoms with Crippen LogP contribution in [0.15, 0.2) is 12.1 Å². The van der Waals surface area contributed by atoms with E-state index in [0.717, 1.165) is 18.7 Å². The number of amides is 1. The Hall–Kier alpha value is -1.75. The number of carbonyl (C=O) groups excluding carboxylic acids is 1. The average molecular weight is 249 g/mol. The lowest BCUT2D eigenvalue weighted by Crippen LogP contribution is -2.47. The molecule has 0 unspecified atom stereocenters. The molecule has 0 aromatic heterocycles. The zero-order valence-electron chi connectivity index (χ0n) is 10.8.